The number of Topliss-reactive ketones (excluding diaryl/α,β-unsaturated/α-hetero) is 1. The summed E-state index contributed by atoms with van der Waals surface area (Å²) in [5, 5.41) is 14.9. The first-order chi connectivity index (χ1) is 16.8. The molecule has 0 unspecified atom stereocenters. The fourth-order valence-electron chi connectivity index (χ4n) is 5.05. The van der Waals surface area contributed by atoms with Crippen LogP contribution in [0.25, 0.3) is 17.0 Å². The molecule has 0 saturated heterocycles. The number of aromatic hydroxyl groups is 1. The van der Waals surface area contributed by atoms with E-state index in [1.807, 2.05) is 30.3 Å². The summed E-state index contributed by atoms with van der Waals surface area (Å²) in [5.74, 6) is 1.90. The molecule has 8 heteroatoms. The number of carbonyl (C=O) groups excluding carboxylic acids is 1. The van der Waals surface area contributed by atoms with Gasteiger partial charge in [0.2, 0.25) is 5.88 Å². The molecule has 0 spiro atoms. The first-order valence-corrected chi connectivity index (χ1v) is 11.5. The van der Waals surface area contributed by atoms with Crippen LogP contribution in [-0.4, -0.2) is 37.6 Å². The Morgan fingerprint density at radius 3 is 2.63 bits per heavy atom. The standard InChI is InChI=1S/C27H24N4O4/c1-27(2)12-19(33)22-20(13-27)35-26-23(21(22)15-8-10-16(34-3)11-9-15)25-29-24(30-31(25)14-28-26)17-6-4-5-7-18(17)32/h4-11,14,21,32H,12-13H2,1-3H3/t21-/m1/s1. The number of rotatable bonds is 3. The molecule has 0 radical (unpaired) electrons. The van der Waals surface area contributed by atoms with Crippen molar-refractivity contribution in [2.45, 2.75) is 32.6 Å². The van der Waals surface area contributed by atoms with Crippen LogP contribution in [-0.2, 0) is 4.79 Å². The molecule has 6 rings (SSSR count). The van der Waals surface area contributed by atoms with Crippen LogP contribution in [0.15, 0.2) is 66.2 Å². The molecule has 2 aromatic heterocycles. The van der Waals surface area contributed by atoms with E-state index in [4.69, 9.17) is 14.5 Å². The lowest BCUT2D eigenvalue weighted by atomic mass is 9.70. The van der Waals surface area contributed by atoms with Crippen molar-refractivity contribution in [2.24, 2.45) is 5.41 Å². The molecule has 0 amide bonds. The number of allylic oxidation sites excluding steroid dienone is 2. The predicted octanol–water partition coefficient (Wildman–Crippen LogP) is 4.67. The van der Waals surface area contributed by atoms with E-state index in [1.54, 1.807) is 36.2 Å². The highest BCUT2D eigenvalue weighted by molar-refractivity contribution is 6.00. The quantitative estimate of drug-likeness (QED) is 0.466. The summed E-state index contributed by atoms with van der Waals surface area (Å²) >= 11 is 0. The Kier molecular flexibility index (Phi) is 4.67. The predicted molar refractivity (Wildman–Crippen MR) is 128 cm³/mol. The van der Waals surface area contributed by atoms with Crippen LogP contribution in [0.2, 0.25) is 0 Å². The van der Waals surface area contributed by atoms with Gasteiger partial charge < -0.3 is 14.6 Å². The van der Waals surface area contributed by atoms with Gasteiger partial charge >= 0.3 is 0 Å². The zero-order valence-corrected chi connectivity index (χ0v) is 19.6. The number of para-hydroxylation sites is 1. The van der Waals surface area contributed by atoms with Gasteiger partial charge in [-0.3, -0.25) is 4.79 Å². The number of phenols is 1. The minimum Gasteiger partial charge on any atom is -0.507 e. The molecule has 0 bridgehead atoms. The summed E-state index contributed by atoms with van der Waals surface area (Å²) in [5.41, 5.74) is 3.08. The maximum atomic E-state index is 13.5. The molecule has 176 valence electrons. The molecule has 3 heterocycles. The van der Waals surface area contributed by atoms with Crippen LogP contribution >= 0.6 is 0 Å². The van der Waals surface area contributed by atoms with Crippen LogP contribution in [0.3, 0.4) is 0 Å². The number of aromatic nitrogens is 4. The van der Waals surface area contributed by atoms with Gasteiger partial charge in [0, 0.05) is 24.3 Å². The van der Waals surface area contributed by atoms with Crippen molar-refractivity contribution in [1.82, 2.24) is 19.6 Å². The maximum absolute atomic E-state index is 13.5. The van der Waals surface area contributed by atoms with Crippen LogP contribution < -0.4 is 9.47 Å². The number of ketones is 1. The summed E-state index contributed by atoms with van der Waals surface area (Å²) in [7, 11) is 1.62. The number of hydrogen-bond acceptors (Lipinski definition) is 7. The highest BCUT2D eigenvalue weighted by Gasteiger charge is 2.44. The van der Waals surface area contributed by atoms with E-state index >= 15 is 0 Å². The Morgan fingerprint density at radius 1 is 1.11 bits per heavy atom. The van der Waals surface area contributed by atoms with Crippen LogP contribution in [0.5, 0.6) is 17.4 Å². The first-order valence-electron chi connectivity index (χ1n) is 11.5. The minimum atomic E-state index is -0.416. The van der Waals surface area contributed by atoms with Gasteiger partial charge in [-0.25, -0.2) is 14.5 Å². The van der Waals surface area contributed by atoms with Crippen molar-refractivity contribution in [1.29, 1.82) is 0 Å². The number of benzene rings is 2. The number of carbonyl (C=O) groups is 1. The Morgan fingerprint density at radius 2 is 1.89 bits per heavy atom. The summed E-state index contributed by atoms with van der Waals surface area (Å²) < 4.78 is 13.2. The molecule has 8 nitrogen and oxygen atoms in total. The average Bonchev–Trinajstić information content (AvgIpc) is 3.26. The summed E-state index contributed by atoms with van der Waals surface area (Å²) in [6.45, 7) is 4.15. The molecular weight excluding hydrogens is 444 g/mol. The van der Waals surface area contributed by atoms with Crippen molar-refractivity contribution in [3.05, 3.63) is 77.3 Å². The fourth-order valence-corrected chi connectivity index (χ4v) is 5.05. The molecule has 1 aliphatic carbocycles. The zero-order chi connectivity index (χ0) is 24.3. The number of phenolic OH excluding ortho intramolecular Hbond substituents is 1. The third-order valence-electron chi connectivity index (χ3n) is 6.66. The van der Waals surface area contributed by atoms with Gasteiger partial charge in [-0.2, -0.15) is 0 Å². The molecule has 1 N–H and O–H groups in total. The monoisotopic (exact) mass is 468 g/mol. The van der Waals surface area contributed by atoms with Gasteiger partial charge in [-0.15, -0.1) is 5.10 Å². The van der Waals surface area contributed by atoms with Crippen molar-refractivity contribution in [3.8, 4) is 28.8 Å². The first kappa shape index (κ1) is 21.3. The van der Waals surface area contributed by atoms with E-state index in [0.717, 1.165) is 11.3 Å². The number of ether oxygens (including phenoxy) is 2. The van der Waals surface area contributed by atoms with Gasteiger partial charge in [0.15, 0.2) is 17.3 Å². The molecule has 0 saturated carbocycles. The van der Waals surface area contributed by atoms with Crippen LogP contribution in [0.1, 0.15) is 43.7 Å². The van der Waals surface area contributed by atoms with Gasteiger partial charge in [-0.05, 0) is 35.2 Å². The normalized spacial score (nSPS) is 18.7. The van der Waals surface area contributed by atoms with E-state index in [-0.39, 0.29) is 16.9 Å². The second-order valence-electron chi connectivity index (χ2n) is 9.77. The smallest absolute Gasteiger partial charge is 0.228 e. The third kappa shape index (κ3) is 3.44. The molecule has 0 fully saturated rings. The van der Waals surface area contributed by atoms with Crippen molar-refractivity contribution >= 4 is 11.4 Å². The molecule has 35 heavy (non-hydrogen) atoms. The number of hydrogen-bond donors (Lipinski definition) is 1. The number of methoxy groups -OCH3 is 1. The second-order valence-corrected chi connectivity index (χ2v) is 9.77. The zero-order valence-electron chi connectivity index (χ0n) is 19.6. The van der Waals surface area contributed by atoms with Crippen LogP contribution in [0.4, 0.5) is 0 Å². The lowest BCUT2D eigenvalue weighted by Gasteiger charge is -2.37. The number of nitrogens with zero attached hydrogens (tertiary/aromatic N) is 4. The second kappa shape index (κ2) is 7.66. The highest BCUT2D eigenvalue weighted by atomic mass is 16.5. The minimum absolute atomic E-state index is 0.0603. The Bertz CT molecular complexity index is 1520. The largest absolute Gasteiger partial charge is 0.507 e. The van der Waals surface area contributed by atoms with Gasteiger partial charge in [0.1, 0.15) is 23.6 Å². The summed E-state index contributed by atoms with van der Waals surface area (Å²) in [6.07, 6.45) is 2.63. The highest BCUT2D eigenvalue weighted by Crippen LogP contribution is 2.50. The number of fused-ring (bicyclic) bond motifs is 3. The van der Waals surface area contributed by atoms with Gasteiger partial charge in [-0.1, -0.05) is 38.1 Å². The Balaban J connectivity index is 1.60. The lowest BCUT2D eigenvalue weighted by molar-refractivity contribution is -0.118. The van der Waals surface area contributed by atoms with Gasteiger partial charge in [0.25, 0.3) is 0 Å². The van der Waals surface area contributed by atoms with Gasteiger partial charge in [0.05, 0.1) is 18.2 Å². The lowest BCUT2D eigenvalue weighted by Crippen LogP contribution is -2.33. The Hall–Kier alpha value is -4.20. The van der Waals surface area contributed by atoms with E-state index in [9.17, 15) is 9.90 Å². The molecule has 4 aromatic rings. The molecular formula is C27H24N4O4. The summed E-state index contributed by atoms with van der Waals surface area (Å²) in [4.78, 5) is 22.8. The molecule has 2 aromatic carbocycles. The third-order valence-corrected chi connectivity index (χ3v) is 6.66. The van der Waals surface area contributed by atoms with E-state index < -0.39 is 5.92 Å². The molecule has 1 aliphatic heterocycles. The topological polar surface area (TPSA) is 98.8 Å². The fraction of sp³-hybridized carbons (Fsp3) is 0.259. The SMILES string of the molecule is COc1ccc([C@@H]2C3=C(CC(C)(C)CC3=O)Oc3ncn4nc(-c5ccccc5O)nc4c32)cc1. The van der Waals surface area contributed by atoms with Crippen LogP contribution in [0, 0.1) is 5.41 Å². The van der Waals surface area contributed by atoms with Crippen molar-refractivity contribution < 1.29 is 19.4 Å². The van der Waals surface area contributed by atoms with E-state index in [2.05, 4.69) is 23.9 Å². The Labute approximate surface area is 201 Å². The van der Waals surface area contributed by atoms with Crippen molar-refractivity contribution in [3.63, 3.8) is 0 Å². The summed E-state index contributed by atoms with van der Waals surface area (Å²) in [6, 6.07) is 14.6. The van der Waals surface area contributed by atoms with Crippen molar-refractivity contribution in [2.75, 3.05) is 7.11 Å². The van der Waals surface area contributed by atoms with E-state index in [1.165, 1.54) is 0 Å². The maximum Gasteiger partial charge on any atom is 0.228 e. The van der Waals surface area contributed by atoms with E-state index in [0.29, 0.717) is 52.7 Å². The molecule has 1 atom stereocenters. The molecule has 2 aliphatic rings. The average molecular weight is 469 g/mol.